The van der Waals surface area contributed by atoms with E-state index in [0.717, 1.165) is 18.4 Å². The second-order valence-electron chi connectivity index (χ2n) is 5.00. The number of hydrogen-bond acceptors (Lipinski definition) is 1. The largest absolute Gasteiger partial charge is 0.478 e. The number of rotatable bonds is 3. The summed E-state index contributed by atoms with van der Waals surface area (Å²) in [6.07, 6.45) is 9.26. The molecule has 2 heteroatoms. The van der Waals surface area contributed by atoms with Crippen molar-refractivity contribution in [2.45, 2.75) is 38.5 Å². The van der Waals surface area contributed by atoms with Gasteiger partial charge in [-0.2, -0.15) is 0 Å². The zero-order valence-electron chi connectivity index (χ0n) is 10.6. The van der Waals surface area contributed by atoms with Crippen LogP contribution >= 0.6 is 0 Å². The van der Waals surface area contributed by atoms with Gasteiger partial charge in [0.05, 0.1) is 5.57 Å². The van der Waals surface area contributed by atoms with Crippen molar-refractivity contribution >= 4 is 11.5 Å². The van der Waals surface area contributed by atoms with E-state index in [1.165, 1.54) is 25.7 Å². The molecular formula is C16H20O2. The van der Waals surface area contributed by atoms with Gasteiger partial charge in [0, 0.05) is 0 Å². The van der Waals surface area contributed by atoms with Gasteiger partial charge in [-0.05, 0) is 24.3 Å². The zero-order valence-corrected chi connectivity index (χ0v) is 10.6. The first-order valence-electron chi connectivity index (χ1n) is 6.78. The highest BCUT2D eigenvalue weighted by atomic mass is 16.4. The van der Waals surface area contributed by atoms with Gasteiger partial charge >= 0.3 is 5.97 Å². The van der Waals surface area contributed by atoms with Crippen molar-refractivity contribution in [2.24, 2.45) is 5.92 Å². The number of carbonyl (C=O) groups is 1. The fourth-order valence-corrected chi connectivity index (χ4v) is 2.62. The summed E-state index contributed by atoms with van der Waals surface area (Å²) in [4.78, 5) is 11.4. The summed E-state index contributed by atoms with van der Waals surface area (Å²) in [5, 5.41) is 9.36. The maximum Gasteiger partial charge on any atom is 0.335 e. The molecule has 0 amide bonds. The number of carboxylic acid groups (broad SMARTS) is 1. The van der Waals surface area contributed by atoms with Crippen molar-refractivity contribution in [1.29, 1.82) is 0 Å². The SMILES string of the molecule is O=C(O)C(=CC1CCCCCC1)c1ccccc1. The van der Waals surface area contributed by atoms with Gasteiger partial charge in [-0.25, -0.2) is 4.79 Å². The van der Waals surface area contributed by atoms with Gasteiger partial charge in [0.2, 0.25) is 0 Å². The van der Waals surface area contributed by atoms with E-state index in [1.54, 1.807) is 0 Å². The molecule has 1 aliphatic carbocycles. The minimum atomic E-state index is -0.814. The summed E-state index contributed by atoms with van der Waals surface area (Å²) >= 11 is 0. The van der Waals surface area contributed by atoms with Crippen LogP contribution in [-0.4, -0.2) is 11.1 Å². The Balaban J connectivity index is 2.21. The van der Waals surface area contributed by atoms with E-state index < -0.39 is 5.97 Å². The van der Waals surface area contributed by atoms with Crippen LogP contribution in [0.4, 0.5) is 0 Å². The predicted octanol–water partition coefficient (Wildman–Crippen LogP) is 4.13. The quantitative estimate of drug-likeness (QED) is 0.641. The summed E-state index contributed by atoms with van der Waals surface area (Å²) in [7, 11) is 0. The van der Waals surface area contributed by atoms with Gasteiger partial charge in [-0.15, -0.1) is 0 Å². The monoisotopic (exact) mass is 244 g/mol. The third kappa shape index (κ3) is 3.46. The Morgan fingerprint density at radius 3 is 2.22 bits per heavy atom. The third-order valence-electron chi connectivity index (χ3n) is 3.62. The highest BCUT2D eigenvalue weighted by molar-refractivity contribution is 6.15. The van der Waals surface area contributed by atoms with Crippen LogP contribution in [0.15, 0.2) is 36.4 Å². The Labute approximate surface area is 108 Å². The van der Waals surface area contributed by atoms with Gasteiger partial charge in [-0.1, -0.05) is 62.1 Å². The van der Waals surface area contributed by atoms with E-state index in [2.05, 4.69) is 0 Å². The molecule has 96 valence electrons. The molecule has 1 aromatic rings. The van der Waals surface area contributed by atoms with Gasteiger partial charge in [-0.3, -0.25) is 0 Å². The van der Waals surface area contributed by atoms with Gasteiger partial charge in [0.15, 0.2) is 0 Å². The molecule has 1 fully saturated rings. The summed E-state index contributed by atoms with van der Waals surface area (Å²) < 4.78 is 0. The van der Waals surface area contributed by atoms with Crippen LogP contribution in [0.2, 0.25) is 0 Å². The average molecular weight is 244 g/mol. The molecule has 0 saturated heterocycles. The van der Waals surface area contributed by atoms with Crippen LogP contribution in [-0.2, 0) is 4.79 Å². The number of carboxylic acids is 1. The lowest BCUT2D eigenvalue weighted by Gasteiger charge is -2.11. The highest BCUT2D eigenvalue weighted by Gasteiger charge is 2.15. The topological polar surface area (TPSA) is 37.3 Å². The fourth-order valence-electron chi connectivity index (χ4n) is 2.62. The van der Waals surface area contributed by atoms with Crippen molar-refractivity contribution in [1.82, 2.24) is 0 Å². The number of hydrogen-bond donors (Lipinski definition) is 1. The smallest absolute Gasteiger partial charge is 0.335 e. The lowest BCUT2D eigenvalue weighted by atomic mass is 9.94. The lowest BCUT2D eigenvalue weighted by Crippen LogP contribution is -2.04. The van der Waals surface area contributed by atoms with E-state index in [4.69, 9.17) is 0 Å². The third-order valence-corrected chi connectivity index (χ3v) is 3.62. The molecule has 0 radical (unpaired) electrons. The molecule has 0 heterocycles. The van der Waals surface area contributed by atoms with E-state index in [-0.39, 0.29) is 0 Å². The molecule has 0 atom stereocenters. The first-order valence-corrected chi connectivity index (χ1v) is 6.78. The molecule has 1 N–H and O–H groups in total. The van der Waals surface area contributed by atoms with Crippen LogP contribution in [0.25, 0.3) is 5.57 Å². The fraction of sp³-hybridized carbons (Fsp3) is 0.438. The zero-order chi connectivity index (χ0) is 12.8. The Hall–Kier alpha value is -1.57. The van der Waals surface area contributed by atoms with Crippen molar-refractivity contribution in [2.75, 3.05) is 0 Å². The van der Waals surface area contributed by atoms with E-state index in [0.29, 0.717) is 11.5 Å². The number of benzene rings is 1. The van der Waals surface area contributed by atoms with Crippen LogP contribution < -0.4 is 0 Å². The molecule has 1 aliphatic rings. The maximum absolute atomic E-state index is 11.4. The molecule has 0 bridgehead atoms. The van der Waals surface area contributed by atoms with E-state index in [1.807, 2.05) is 36.4 Å². The Kier molecular flexibility index (Phi) is 4.57. The highest BCUT2D eigenvalue weighted by Crippen LogP contribution is 2.27. The Bertz CT molecular complexity index is 412. The Morgan fingerprint density at radius 2 is 1.67 bits per heavy atom. The first-order chi connectivity index (χ1) is 8.77. The van der Waals surface area contributed by atoms with Crippen molar-refractivity contribution in [3.05, 3.63) is 42.0 Å². The molecule has 0 unspecified atom stereocenters. The molecule has 0 spiro atoms. The lowest BCUT2D eigenvalue weighted by molar-refractivity contribution is -0.130. The van der Waals surface area contributed by atoms with E-state index in [9.17, 15) is 9.90 Å². The van der Waals surface area contributed by atoms with E-state index >= 15 is 0 Å². The van der Waals surface area contributed by atoms with Gasteiger partial charge < -0.3 is 5.11 Å². The number of aliphatic carboxylic acids is 1. The molecule has 0 aromatic heterocycles. The Morgan fingerprint density at radius 1 is 1.06 bits per heavy atom. The van der Waals surface area contributed by atoms with Crippen molar-refractivity contribution in [3.8, 4) is 0 Å². The first kappa shape index (κ1) is 12.9. The number of allylic oxidation sites excluding steroid dienone is 1. The second-order valence-corrected chi connectivity index (χ2v) is 5.00. The van der Waals surface area contributed by atoms with Crippen molar-refractivity contribution < 1.29 is 9.90 Å². The van der Waals surface area contributed by atoms with Crippen LogP contribution in [0.5, 0.6) is 0 Å². The van der Waals surface area contributed by atoms with Crippen LogP contribution in [0.3, 0.4) is 0 Å². The molecule has 2 nitrogen and oxygen atoms in total. The predicted molar refractivity (Wildman–Crippen MR) is 73.2 cm³/mol. The molecule has 18 heavy (non-hydrogen) atoms. The molecule has 0 aliphatic heterocycles. The summed E-state index contributed by atoms with van der Waals surface area (Å²) in [5.41, 5.74) is 1.27. The molecule has 2 rings (SSSR count). The van der Waals surface area contributed by atoms with Gasteiger partial charge in [0.25, 0.3) is 0 Å². The van der Waals surface area contributed by atoms with Crippen LogP contribution in [0.1, 0.15) is 44.1 Å². The maximum atomic E-state index is 11.4. The average Bonchev–Trinajstić information content (AvgIpc) is 2.65. The normalized spacial score (nSPS) is 18.3. The van der Waals surface area contributed by atoms with Crippen molar-refractivity contribution in [3.63, 3.8) is 0 Å². The van der Waals surface area contributed by atoms with Gasteiger partial charge in [0.1, 0.15) is 0 Å². The second kappa shape index (κ2) is 6.39. The summed E-state index contributed by atoms with van der Waals surface area (Å²) in [6, 6.07) is 9.43. The minimum absolute atomic E-state index is 0.429. The van der Waals surface area contributed by atoms with Crippen LogP contribution in [0, 0.1) is 5.92 Å². The molecular weight excluding hydrogens is 224 g/mol. The molecule has 1 saturated carbocycles. The summed E-state index contributed by atoms with van der Waals surface area (Å²) in [5.74, 6) is -0.385. The molecule has 1 aromatic carbocycles. The minimum Gasteiger partial charge on any atom is -0.478 e. The summed E-state index contributed by atoms with van der Waals surface area (Å²) in [6.45, 7) is 0. The standard InChI is InChI=1S/C16H20O2/c17-16(18)15(14-10-6-3-7-11-14)12-13-8-4-1-2-5-9-13/h3,6-7,10-13H,1-2,4-5,8-9H2,(H,17,18).